The van der Waals surface area contributed by atoms with E-state index in [2.05, 4.69) is 19.2 Å². The molecule has 15 heavy (non-hydrogen) atoms. The van der Waals surface area contributed by atoms with Gasteiger partial charge in [-0.2, -0.15) is 0 Å². The summed E-state index contributed by atoms with van der Waals surface area (Å²) in [6, 6.07) is 0.0749. The molecule has 1 unspecified atom stereocenters. The maximum atomic E-state index is 11.2. The minimum atomic E-state index is -1.11. The van der Waals surface area contributed by atoms with Crippen molar-refractivity contribution < 1.29 is 14.7 Å². The van der Waals surface area contributed by atoms with Crippen LogP contribution in [0, 0.1) is 5.92 Å². The average molecular weight is 213 g/mol. The van der Waals surface area contributed by atoms with E-state index in [-0.39, 0.29) is 11.9 Å². The first-order chi connectivity index (χ1) is 7.01. The van der Waals surface area contributed by atoms with E-state index in [4.69, 9.17) is 5.11 Å². The number of carbonyl (C=O) groups is 2. The van der Waals surface area contributed by atoms with Crippen LogP contribution in [0.1, 0.15) is 33.6 Å². The van der Waals surface area contributed by atoms with Crippen molar-refractivity contribution in [3.63, 3.8) is 0 Å². The predicted molar refractivity (Wildman–Crippen MR) is 58.5 cm³/mol. The van der Waals surface area contributed by atoms with Crippen molar-refractivity contribution in [2.45, 2.75) is 39.7 Å². The van der Waals surface area contributed by atoms with Gasteiger partial charge in [-0.3, -0.25) is 4.79 Å². The first kappa shape index (κ1) is 13.7. The lowest BCUT2D eigenvalue weighted by Gasteiger charge is -2.21. The summed E-state index contributed by atoms with van der Waals surface area (Å²) in [5, 5.41) is 11.1. The van der Waals surface area contributed by atoms with Gasteiger partial charge in [0.2, 0.25) is 5.91 Å². The Hall–Kier alpha value is -1.32. The third kappa shape index (κ3) is 5.88. The quantitative estimate of drug-likeness (QED) is 0.658. The second-order valence-corrected chi connectivity index (χ2v) is 3.55. The summed E-state index contributed by atoms with van der Waals surface area (Å²) in [5.74, 6) is -1.02. The lowest BCUT2D eigenvalue weighted by Crippen LogP contribution is -2.36. The monoisotopic (exact) mass is 213 g/mol. The number of carbonyl (C=O) groups excluding carboxylic acids is 1. The fourth-order valence-electron chi connectivity index (χ4n) is 1.53. The van der Waals surface area contributed by atoms with E-state index >= 15 is 0 Å². The molecule has 1 amide bonds. The molecule has 0 aliphatic rings. The Kier molecular flexibility index (Phi) is 6.42. The summed E-state index contributed by atoms with van der Waals surface area (Å²) in [6.45, 7) is 6.08. The van der Waals surface area contributed by atoms with Gasteiger partial charge in [0.1, 0.15) is 0 Å². The predicted octanol–water partition coefficient (Wildman–Crippen LogP) is 1.57. The van der Waals surface area contributed by atoms with E-state index in [1.807, 2.05) is 6.92 Å². The smallest absolute Gasteiger partial charge is 0.328 e. The van der Waals surface area contributed by atoms with Crippen LogP contribution >= 0.6 is 0 Å². The standard InChI is InChI=1S/C11H19NO3/c1-4-9(5-2)8(3)12-10(13)6-7-11(14)15/h6-9H,4-5H2,1-3H3,(H,12,13)(H,14,15). The Morgan fingerprint density at radius 3 is 2.20 bits per heavy atom. The molecule has 0 aromatic carbocycles. The van der Waals surface area contributed by atoms with Crippen molar-refractivity contribution in [1.82, 2.24) is 5.32 Å². The topological polar surface area (TPSA) is 66.4 Å². The number of rotatable bonds is 6. The summed E-state index contributed by atoms with van der Waals surface area (Å²) in [7, 11) is 0. The van der Waals surface area contributed by atoms with Crippen LogP contribution in [0.15, 0.2) is 12.2 Å². The zero-order chi connectivity index (χ0) is 11.8. The number of amides is 1. The van der Waals surface area contributed by atoms with Crippen molar-refractivity contribution in [2.75, 3.05) is 0 Å². The molecule has 0 saturated heterocycles. The third-order valence-electron chi connectivity index (χ3n) is 2.50. The molecule has 0 fully saturated rings. The highest BCUT2D eigenvalue weighted by atomic mass is 16.4. The average Bonchev–Trinajstić information content (AvgIpc) is 2.16. The van der Waals surface area contributed by atoms with E-state index in [9.17, 15) is 9.59 Å². The van der Waals surface area contributed by atoms with E-state index in [0.29, 0.717) is 5.92 Å². The normalized spacial score (nSPS) is 13.1. The second-order valence-electron chi connectivity index (χ2n) is 3.55. The summed E-state index contributed by atoms with van der Waals surface area (Å²) < 4.78 is 0. The SMILES string of the molecule is CCC(CC)C(C)NC(=O)C=CC(=O)O. The molecule has 4 heteroatoms. The summed E-state index contributed by atoms with van der Waals surface area (Å²) in [5.41, 5.74) is 0. The summed E-state index contributed by atoms with van der Waals surface area (Å²) in [4.78, 5) is 21.4. The van der Waals surface area contributed by atoms with E-state index < -0.39 is 5.97 Å². The van der Waals surface area contributed by atoms with Crippen LogP contribution in [0.5, 0.6) is 0 Å². The van der Waals surface area contributed by atoms with Gasteiger partial charge in [0.25, 0.3) is 0 Å². The molecule has 86 valence electrons. The van der Waals surface area contributed by atoms with Crippen LogP contribution < -0.4 is 5.32 Å². The maximum Gasteiger partial charge on any atom is 0.328 e. The molecule has 0 aliphatic carbocycles. The Labute approximate surface area is 90.4 Å². The Balaban J connectivity index is 4.11. The van der Waals surface area contributed by atoms with E-state index in [0.717, 1.165) is 25.0 Å². The van der Waals surface area contributed by atoms with Gasteiger partial charge in [0.15, 0.2) is 0 Å². The van der Waals surface area contributed by atoms with Gasteiger partial charge >= 0.3 is 5.97 Å². The molecule has 0 saturated carbocycles. The summed E-state index contributed by atoms with van der Waals surface area (Å²) in [6.07, 6.45) is 3.89. The van der Waals surface area contributed by atoms with Crippen LogP contribution in [0.4, 0.5) is 0 Å². The number of carboxylic acids is 1. The van der Waals surface area contributed by atoms with Gasteiger partial charge in [-0.1, -0.05) is 26.7 Å². The van der Waals surface area contributed by atoms with Crippen LogP contribution in [-0.4, -0.2) is 23.0 Å². The van der Waals surface area contributed by atoms with Gasteiger partial charge in [0.05, 0.1) is 0 Å². The minimum Gasteiger partial charge on any atom is -0.478 e. The molecule has 0 spiro atoms. The van der Waals surface area contributed by atoms with E-state index in [1.165, 1.54) is 0 Å². The Morgan fingerprint density at radius 2 is 1.80 bits per heavy atom. The van der Waals surface area contributed by atoms with Crippen LogP contribution in [0.2, 0.25) is 0 Å². The fraction of sp³-hybridized carbons (Fsp3) is 0.636. The molecule has 0 aromatic rings. The molecule has 0 heterocycles. The summed E-state index contributed by atoms with van der Waals surface area (Å²) >= 11 is 0. The molecule has 4 nitrogen and oxygen atoms in total. The zero-order valence-electron chi connectivity index (χ0n) is 9.49. The number of carboxylic acid groups (broad SMARTS) is 1. The first-order valence-corrected chi connectivity index (χ1v) is 5.22. The molecular weight excluding hydrogens is 194 g/mol. The number of nitrogens with one attached hydrogen (secondary N) is 1. The number of aliphatic carboxylic acids is 1. The van der Waals surface area contributed by atoms with Crippen molar-refractivity contribution in [3.8, 4) is 0 Å². The zero-order valence-corrected chi connectivity index (χ0v) is 9.49. The highest BCUT2D eigenvalue weighted by Crippen LogP contribution is 2.12. The van der Waals surface area contributed by atoms with Crippen LogP contribution in [0.3, 0.4) is 0 Å². The first-order valence-electron chi connectivity index (χ1n) is 5.22. The minimum absolute atomic E-state index is 0.0749. The van der Waals surface area contributed by atoms with Crippen molar-refractivity contribution >= 4 is 11.9 Å². The van der Waals surface area contributed by atoms with Gasteiger partial charge in [0, 0.05) is 18.2 Å². The highest BCUT2D eigenvalue weighted by molar-refractivity contribution is 5.93. The molecule has 0 aromatic heterocycles. The van der Waals surface area contributed by atoms with Gasteiger partial charge in [-0.15, -0.1) is 0 Å². The van der Waals surface area contributed by atoms with Crippen LogP contribution in [-0.2, 0) is 9.59 Å². The van der Waals surface area contributed by atoms with Gasteiger partial charge in [-0.25, -0.2) is 4.79 Å². The molecular formula is C11H19NO3. The Morgan fingerprint density at radius 1 is 1.27 bits per heavy atom. The molecule has 0 bridgehead atoms. The highest BCUT2D eigenvalue weighted by Gasteiger charge is 2.14. The fourth-order valence-corrected chi connectivity index (χ4v) is 1.53. The number of hydrogen-bond acceptors (Lipinski definition) is 2. The molecule has 0 rings (SSSR count). The van der Waals surface area contributed by atoms with Gasteiger partial charge in [-0.05, 0) is 12.8 Å². The molecule has 2 N–H and O–H groups in total. The molecule has 1 atom stereocenters. The second kappa shape index (κ2) is 7.04. The van der Waals surface area contributed by atoms with Gasteiger partial charge < -0.3 is 10.4 Å². The largest absolute Gasteiger partial charge is 0.478 e. The van der Waals surface area contributed by atoms with E-state index in [1.54, 1.807) is 0 Å². The molecule has 0 aliphatic heterocycles. The third-order valence-corrected chi connectivity index (χ3v) is 2.50. The molecule has 0 radical (unpaired) electrons. The Bertz CT molecular complexity index is 244. The van der Waals surface area contributed by atoms with Crippen molar-refractivity contribution in [3.05, 3.63) is 12.2 Å². The number of hydrogen-bond donors (Lipinski definition) is 2. The lowest BCUT2D eigenvalue weighted by atomic mass is 9.95. The van der Waals surface area contributed by atoms with Crippen molar-refractivity contribution in [2.24, 2.45) is 5.92 Å². The maximum absolute atomic E-state index is 11.2. The lowest BCUT2D eigenvalue weighted by molar-refractivity contribution is -0.131. The van der Waals surface area contributed by atoms with Crippen LogP contribution in [0.25, 0.3) is 0 Å². The van der Waals surface area contributed by atoms with Crippen molar-refractivity contribution in [1.29, 1.82) is 0 Å².